The lowest BCUT2D eigenvalue weighted by Crippen LogP contribution is -2.31. The Bertz CT molecular complexity index is 1240. The van der Waals surface area contributed by atoms with Crippen molar-refractivity contribution in [2.75, 3.05) is 45.2 Å². The molecule has 2 aliphatic rings. The van der Waals surface area contributed by atoms with Crippen molar-refractivity contribution in [2.24, 2.45) is 5.92 Å². The lowest BCUT2D eigenvalue weighted by Gasteiger charge is -2.18. The maximum atomic E-state index is 14.3. The van der Waals surface area contributed by atoms with E-state index in [1.165, 1.54) is 13.2 Å². The summed E-state index contributed by atoms with van der Waals surface area (Å²) in [5.74, 6) is 0.686. The maximum Gasteiger partial charge on any atom is 0.263 e. The van der Waals surface area contributed by atoms with Crippen LogP contribution in [0.2, 0.25) is 0 Å². The van der Waals surface area contributed by atoms with Crippen LogP contribution in [0.5, 0.6) is 11.5 Å². The van der Waals surface area contributed by atoms with Crippen LogP contribution >= 0.6 is 0 Å². The number of likely N-dealkylation sites (tertiary alicyclic amines) is 1. The number of nitrogens with one attached hydrogen (secondary N) is 2. The Morgan fingerprint density at radius 2 is 2.17 bits per heavy atom. The van der Waals surface area contributed by atoms with Crippen molar-refractivity contribution < 1.29 is 23.8 Å². The fraction of sp³-hybridized carbons (Fsp3) is 0.400. The third kappa shape index (κ3) is 5.04. The average molecular weight is 482 g/mol. The normalized spacial score (nSPS) is 19.9. The number of aliphatic hydroxyl groups excluding tert-OH is 1. The number of rotatable bonds is 8. The van der Waals surface area contributed by atoms with E-state index in [0.29, 0.717) is 48.5 Å². The van der Waals surface area contributed by atoms with Crippen molar-refractivity contribution in [2.45, 2.75) is 19.1 Å². The fourth-order valence-corrected chi connectivity index (χ4v) is 4.76. The van der Waals surface area contributed by atoms with Gasteiger partial charge in [-0.25, -0.2) is 9.37 Å². The quantitative estimate of drug-likeness (QED) is 0.447. The number of pyridine rings is 2. The number of β-amino-alcohol motifs (C(OH)–C–C–N with tert-alkyl or cyclic N) is 1. The highest BCUT2D eigenvalue weighted by atomic mass is 19.1. The third-order valence-electron chi connectivity index (χ3n) is 6.53. The zero-order valence-electron chi connectivity index (χ0n) is 19.5. The van der Waals surface area contributed by atoms with Crippen LogP contribution in [0.25, 0.3) is 10.9 Å². The minimum Gasteiger partial charge on any atom is -0.493 e. The molecule has 1 amide bonds. The molecule has 2 atom stereocenters. The molecule has 3 aromatic rings. The molecular weight excluding hydrogens is 453 g/mol. The highest BCUT2D eigenvalue weighted by Gasteiger charge is 2.31. The standard InChI is InChI=1S/C25H28FN5O4/c1-34-24-18(26)3-4-19-23(24)15(6-8-28-19)7-9-31-12-16(20(32)13-31)10-27-11-17-2-5-21-25(29-17)30-22(33)14-35-21/h2-6,8,16,20,27,32H,7,9-14H2,1H3,(H,29,30,33)/t16-,20+/m0/s1. The van der Waals surface area contributed by atoms with Gasteiger partial charge >= 0.3 is 0 Å². The fourth-order valence-electron chi connectivity index (χ4n) is 4.76. The predicted octanol–water partition coefficient (Wildman–Crippen LogP) is 1.73. The van der Waals surface area contributed by atoms with E-state index in [0.717, 1.165) is 24.3 Å². The number of ether oxygens (including phenoxy) is 2. The number of hydrogen-bond acceptors (Lipinski definition) is 8. The molecule has 3 N–H and O–H groups in total. The monoisotopic (exact) mass is 481 g/mol. The lowest BCUT2D eigenvalue weighted by molar-refractivity contribution is -0.118. The molecule has 35 heavy (non-hydrogen) atoms. The number of halogens is 1. The van der Waals surface area contributed by atoms with E-state index >= 15 is 0 Å². The number of aliphatic hydroxyl groups is 1. The van der Waals surface area contributed by atoms with Crippen LogP contribution in [0, 0.1) is 11.7 Å². The Morgan fingerprint density at radius 3 is 3.03 bits per heavy atom. The number of benzene rings is 1. The van der Waals surface area contributed by atoms with Crippen LogP contribution in [0.3, 0.4) is 0 Å². The summed E-state index contributed by atoms with van der Waals surface area (Å²) >= 11 is 0. The molecular formula is C25H28FN5O4. The van der Waals surface area contributed by atoms with Crippen LogP contribution in [0.15, 0.2) is 36.5 Å². The Morgan fingerprint density at radius 1 is 1.29 bits per heavy atom. The van der Waals surface area contributed by atoms with Gasteiger partial charge in [0, 0.05) is 50.2 Å². The van der Waals surface area contributed by atoms with Crippen molar-refractivity contribution in [1.29, 1.82) is 0 Å². The van der Waals surface area contributed by atoms with Crippen molar-refractivity contribution in [3.05, 3.63) is 53.6 Å². The molecule has 1 aromatic carbocycles. The van der Waals surface area contributed by atoms with E-state index in [1.54, 1.807) is 18.3 Å². The van der Waals surface area contributed by atoms with Crippen LogP contribution < -0.4 is 20.1 Å². The number of fused-ring (bicyclic) bond motifs is 2. The molecule has 0 unspecified atom stereocenters. The molecule has 5 rings (SSSR count). The summed E-state index contributed by atoms with van der Waals surface area (Å²) in [5.41, 5.74) is 2.45. The minimum absolute atomic E-state index is 0.00413. The van der Waals surface area contributed by atoms with Crippen molar-refractivity contribution in [3.8, 4) is 11.5 Å². The number of nitrogens with zero attached hydrogens (tertiary/aromatic N) is 3. The van der Waals surface area contributed by atoms with Gasteiger partial charge in [0.05, 0.1) is 24.4 Å². The second kappa shape index (κ2) is 10.1. The van der Waals surface area contributed by atoms with Gasteiger partial charge in [-0.05, 0) is 42.3 Å². The molecule has 0 saturated carbocycles. The smallest absolute Gasteiger partial charge is 0.263 e. The van der Waals surface area contributed by atoms with Crippen LogP contribution in [-0.2, 0) is 17.8 Å². The van der Waals surface area contributed by atoms with Crippen molar-refractivity contribution in [1.82, 2.24) is 20.2 Å². The van der Waals surface area contributed by atoms with Gasteiger partial charge in [-0.2, -0.15) is 0 Å². The van der Waals surface area contributed by atoms with Crippen molar-refractivity contribution in [3.63, 3.8) is 0 Å². The average Bonchev–Trinajstić information content (AvgIpc) is 3.21. The van der Waals surface area contributed by atoms with Crippen LogP contribution in [0.4, 0.5) is 10.2 Å². The first-order chi connectivity index (χ1) is 17.0. The minimum atomic E-state index is -0.437. The van der Waals surface area contributed by atoms with Gasteiger partial charge in [-0.15, -0.1) is 0 Å². The molecule has 0 aliphatic carbocycles. The van der Waals surface area contributed by atoms with Gasteiger partial charge in [0.15, 0.2) is 29.7 Å². The highest BCUT2D eigenvalue weighted by molar-refractivity contribution is 5.94. The second-order valence-electron chi connectivity index (χ2n) is 8.90. The number of carbonyl (C=O) groups is 1. The highest BCUT2D eigenvalue weighted by Crippen LogP contribution is 2.31. The molecule has 0 radical (unpaired) electrons. The molecule has 10 heteroatoms. The van der Waals surface area contributed by atoms with E-state index < -0.39 is 11.9 Å². The molecule has 184 valence electrons. The van der Waals surface area contributed by atoms with Gasteiger partial charge in [0.1, 0.15) is 0 Å². The zero-order chi connectivity index (χ0) is 24.4. The van der Waals surface area contributed by atoms with E-state index in [-0.39, 0.29) is 24.2 Å². The first-order valence-electron chi connectivity index (χ1n) is 11.7. The number of carbonyl (C=O) groups excluding carboxylic acids is 1. The number of amides is 1. The summed E-state index contributed by atoms with van der Waals surface area (Å²) < 4.78 is 24.9. The summed E-state index contributed by atoms with van der Waals surface area (Å²) in [7, 11) is 1.46. The summed E-state index contributed by atoms with van der Waals surface area (Å²) in [6.07, 6.45) is 1.98. The topological polar surface area (TPSA) is 109 Å². The number of methoxy groups -OCH3 is 1. The molecule has 1 fully saturated rings. The molecule has 9 nitrogen and oxygen atoms in total. The third-order valence-corrected chi connectivity index (χ3v) is 6.53. The Hall–Kier alpha value is -3.34. The lowest BCUT2D eigenvalue weighted by atomic mass is 10.0. The Balaban J connectivity index is 1.15. The number of hydrogen-bond donors (Lipinski definition) is 3. The molecule has 0 spiro atoms. The summed E-state index contributed by atoms with van der Waals surface area (Å²) in [5, 5.41) is 17.4. The summed E-state index contributed by atoms with van der Waals surface area (Å²) in [6.45, 7) is 3.23. The van der Waals surface area contributed by atoms with Crippen LogP contribution in [0.1, 0.15) is 11.3 Å². The second-order valence-corrected chi connectivity index (χ2v) is 8.90. The van der Waals surface area contributed by atoms with E-state index in [1.807, 2.05) is 12.1 Å². The van der Waals surface area contributed by atoms with Gasteiger partial charge in [0.25, 0.3) is 5.91 Å². The van der Waals surface area contributed by atoms with E-state index in [9.17, 15) is 14.3 Å². The molecule has 2 aliphatic heterocycles. The SMILES string of the molecule is COc1c(F)ccc2nccc(CCN3C[C@H](CNCc4ccc5c(n4)NC(=O)CO5)[C@H](O)C3)c12. The first-order valence-corrected chi connectivity index (χ1v) is 11.7. The molecule has 0 bridgehead atoms. The van der Waals surface area contributed by atoms with Crippen LogP contribution in [-0.4, -0.2) is 71.9 Å². The number of anilines is 1. The van der Waals surface area contributed by atoms with Gasteiger partial charge in [-0.1, -0.05) is 0 Å². The van der Waals surface area contributed by atoms with Gasteiger partial charge in [0.2, 0.25) is 0 Å². The Labute approximate surface area is 202 Å². The zero-order valence-corrected chi connectivity index (χ0v) is 19.5. The predicted molar refractivity (Wildman–Crippen MR) is 128 cm³/mol. The van der Waals surface area contributed by atoms with Gasteiger partial charge in [-0.3, -0.25) is 9.78 Å². The summed E-state index contributed by atoms with van der Waals surface area (Å²) in [6, 6.07) is 8.59. The van der Waals surface area contributed by atoms with Crippen molar-refractivity contribution >= 4 is 22.6 Å². The van der Waals surface area contributed by atoms with E-state index in [2.05, 4.69) is 25.5 Å². The molecule has 4 heterocycles. The molecule has 2 aromatic heterocycles. The Kier molecular flexibility index (Phi) is 6.76. The molecule has 1 saturated heterocycles. The van der Waals surface area contributed by atoms with Gasteiger partial charge < -0.3 is 30.1 Å². The number of aromatic nitrogens is 2. The maximum absolute atomic E-state index is 14.3. The summed E-state index contributed by atoms with van der Waals surface area (Å²) in [4.78, 5) is 22.5. The van der Waals surface area contributed by atoms with E-state index in [4.69, 9.17) is 9.47 Å². The first kappa shape index (κ1) is 23.4. The largest absolute Gasteiger partial charge is 0.493 e.